The Morgan fingerprint density at radius 2 is 1.38 bits per heavy atom. The molecular formula is C68H79IN8O5S2. The molecule has 13 nitrogen and oxygen atoms in total. The Labute approximate surface area is 517 Å². The highest BCUT2D eigenvalue weighted by Gasteiger charge is 2.36. The summed E-state index contributed by atoms with van der Waals surface area (Å²) < 4.78 is 12.0. The lowest BCUT2D eigenvalue weighted by Gasteiger charge is -2.44. The summed E-state index contributed by atoms with van der Waals surface area (Å²) in [5.41, 5.74) is 8.85. The number of piperidine rings is 6. The van der Waals surface area contributed by atoms with Gasteiger partial charge in [0.2, 0.25) is 5.78 Å². The zero-order valence-corrected chi connectivity index (χ0v) is 52.5. The van der Waals surface area contributed by atoms with Crippen molar-refractivity contribution in [3.63, 3.8) is 0 Å². The summed E-state index contributed by atoms with van der Waals surface area (Å²) in [5, 5.41) is 12.4. The molecule has 84 heavy (non-hydrogen) atoms. The van der Waals surface area contributed by atoms with Crippen LogP contribution in [0, 0.1) is 48.0 Å². The molecule has 0 saturated carbocycles. The van der Waals surface area contributed by atoms with Crippen LogP contribution in [0.15, 0.2) is 137 Å². The van der Waals surface area contributed by atoms with Gasteiger partial charge in [-0.05, 0) is 211 Å². The highest BCUT2D eigenvalue weighted by Crippen LogP contribution is 2.36. The number of thiazole rings is 1. The van der Waals surface area contributed by atoms with E-state index in [9.17, 15) is 14.4 Å². The van der Waals surface area contributed by atoms with Gasteiger partial charge in [0.25, 0.3) is 0 Å². The van der Waals surface area contributed by atoms with Crippen molar-refractivity contribution < 1.29 is 23.5 Å². The number of rotatable bonds is 16. The quantitative estimate of drug-likeness (QED) is 0.0697. The second-order valence-electron chi connectivity index (χ2n) is 23.4. The largest absolute Gasteiger partial charge is 0.490 e. The first-order valence-electron chi connectivity index (χ1n) is 30.0. The smallest absolute Gasteiger partial charge is 0.205 e. The van der Waals surface area contributed by atoms with Crippen molar-refractivity contribution in [2.75, 3.05) is 59.0 Å². The average Bonchev–Trinajstić information content (AvgIpc) is 3.75. The van der Waals surface area contributed by atoms with Gasteiger partial charge >= 0.3 is 0 Å². The Balaban J connectivity index is 0.000000119. The molecule has 0 unspecified atom stereocenters. The number of hydrogen-bond donors (Lipinski definition) is 2. The van der Waals surface area contributed by atoms with E-state index in [2.05, 4.69) is 107 Å². The van der Waals surface area contributed by atoms with Crippen molar-refractivity contribution in [3.05, 3.63) is 191 Å². The van der Waals surface area contributed by atoms with E-state index in [0.29, 0.717) is 35.8 Å². The van der Waals surface area contributed by atoms with Crippen LogP contribution in [0.4, 0.5) is 0 Å². The van der Waals surface area contributed by atoms with Crippen LogP contribution >= 0.6 is 45.3 Å². The second-order valence-corrected chi connectivity index (χ2v) is 26.5. The van der Waals surface area contributed by atoms with Crippen LogP contribution in [0.1, 0.15) is 127 Å². The molecule has 4 bridgehead atoms. The van der Waals surface area contributed by atoms with Gasteiger partial charge in [0, 0.05) is 88.5 Å². The number of ketones is 3. The zero-order valence-electron chi connectivity index (χ0n) is 48.7. The van der Waals surface area contributed by atoms with Gasteiger partial charge in [0.15, 0.2) is 17.1 Å². The van der Waals surface area contributed by atoms with Crippen LogP contribution < -0.4 is 15.4 Å². The molecule has 8 fully saturated rings. The molecule has 8 saturated heterocycles. The van der Waals surface area contributed by atoms with Crippen molar-refractivity contribution in [3.8, 4) is 5.75 Å². The fourth-order valence-electron chi connectivity index (χ4n) is 11.9. The number of benzene rings is 2. The lowest BCUT2D eigenvalue weighted by molar-refractivity contribution is 0.0438. The number of fused-ring (bicyclic) bond motifs is 7. The number of nitrogens with one attached hydrogen (secondary N) is 2. The Morgan fingerprint density at radius 1 is 0.714 bits per heavy atom. The SMILES string of the molecule is Cc1ccc(C(=O)C[C@H]2CN3CCC2CC3)cc1.Cc1ccc(Cc2nc(C)c(C(=O)c3ccsc3)s2)cc1.Ic1cncc(CC[C@@H]2CCN2)c1.O=C(C[C@H]1CN2CCC1CC2)c1cc2ccoc2cn1.c1cncc(OC[C@@H]2CCN2)c1. The van der Waals surface area contributed by atoms with E-state index in [0.717, 1.165) is 107 Å². The number of aryl methyl sites for hydroxylation is 4. The summed E-state index contributed by atoms with van der Waals surface area (Å²) in [7, 11) is 0. The number of aromatic nitrogens is 4. The third kappa shape index (κ3) is 17.6. The standard InChI is InChI=1S/C17H15NOS2.C16H18N2O2.C16H21NO.C10H13IN2.C9H12N2O/c1-11-3-5-13(6-4-11)9-15-18-12(2)17(21-15)16(19)14-7-8-20-10-14;19-15(8-13-10-18-4-1-11(13)2-5-18)14-7-12-3-6-20-16(12)9-17-14;1-12-2-4-14(5-3-12)16(18)10-15-11-17-8-6-13(15)7-9-17;11-9-5-8(6-12-7-9)1-2-10-3-4-13-10;1-2-9(6-10-4-1)12-7-8-3-5-11-8/h3-8,10H,9H2,1-2H3;3,6-7,9,11,13H,1-2,4-5,8,10H2;2-5,13,15H,6-11H2,1H3;5-7,10,13H,1-4H2;1-2,4,6,8,11H,3,5,7H2/t;13-;15-;10-;8-/m.0010/s1. The van der Waals surface area contributed by atoms with Crippen molar-refractivity contribution in [1.29, 1.82) is 0 Å². The molecule has 8 aliphatic heterocycles. The van der Waals surface area contributed by atoms with E-state index >= 15 is 0 Å². The van der Waals surface area contributed by atoms with E-state index in [1.54, 1.807) is 36.2 Å². The van der Waals surface area contributed by atoms with Crippen molar-refractivity contribution >= 4 is 73.6 Å². The van der Waals surface area contributed by atoms with Crippen molar-refractivity contribution in [1.82, 2.24) is 40.4 Å². The normalized spacial score (nSPS) is 22.4. The summed E-state index contributed by atoms with van der Waals surface area (Å²) >= 11 is 5.36. The van der Waals surface area contributed by atoms with Crippen LogP contribution in [-0.2, 0) is 12.8 Å². The van der Waals surface area contributed by atoms with Gasteiger partial charge < -0.3 is 29.6 Å². The van der Waals surface area contributed by atoms with Gasteiger partial charge in [0.1, 0.15) is 18.1 Å². The third-order valence-electron chi connectivity index (χ3n) is 17.3. The summed E-state index contributed by atoms with van der Waals surface area (Å²) in [4.78, 5) is 59.9. The molecule has 6 aromatic heterocycles. The number of carbonyl (C=O) groups excluding carboxylic acids is 3. The molecule has 440 valence electrons. The number of nitrogens with zero attached hydrogens (tertiary/aromatic N) is 6. The molecule has 8 aliphatic rings. The summed E-state index contributed by atoms with van der Waals surface area (Å²) in [5.74, 6) is 4.09. The van der Waals surface area contributed by atoms with E-state index in [1.165, 1.54) is 115 Å². The maximum atomic E-state index is 12.4. The predicted octanol–water partition coefficient (Wildman–Crippen LogP) is 13.1. The molecule has 2 N–H and O–H groups in total. The van der Waals surface area contributed by atoms with Crippen molar-refractivity contribution in [2.45, 2.75) is 103 Å². The van der Waals surface area contributed by atoms with Gasteiger partial charge in [0.05, 0.1) is 34.2 Å². The number of thiophene rings is 1. The first-order valence-corrected chi connectivity index (χ1v) is 32.9. The lowest BCUT2D eigenvalue weighted by atomic mass is 9.76. The fraction of sp³-hybridized carbons (Fsp3) is 0.426. The molecule has 8 aromatic rings. The van der Waals surface area contributed by atoms with Crippen LogP contribution in [0.25, 0.3) is 11.0 Å². The molecule has 16 rings (SSSR count). The lowest BCUT2D eigenvalue weighted by Crippen LogP contribution is -2.47. The van der Waals surface area contributed by atoms with Gasteiger partial charge in [-0.25, -0.2) is 9.97 Å². The second kappa shape index (κ2) is 30.5. The molecule has 16 heteroatoms. The zero-order chi connectivity index (χ0) is 58.2. The third-order valence-corrected chi connectivity index (χ3v) is 19.7. The highest BCUT2D eigenvalue weighted by atomic mass is 127. The maximum Gasteiger partial charge on any atom is 0.205 e. The number of hydrogen-bond acceptors (Lipinski definition) is 15. The number of ether oxygens (including phenoxy) is 1. The first kappa shape index (κ1) is 61.2. The number of halogens is 1. The van der Waals surface area contributed by atoms with Crippen LogP contribution in [-0.4, -0.2) is 118 Å². The molecule has 0 aliphatic carbocycles. The Hall–Kier alpha value is -5.86. The molecular weight excluding hydrogens is 1200 g/mol. The van der Waals surface area contributed by atoms with E-state index < -0.39 is 0 Å². The van der Waals surface area contributed by atoms with Crippen LogP contribution in [0.5, 0.6) is 5.75 Å². The Morgan fingerprint density at radius 3 is 1.96 bits per heavy atom. The molecule has 0 radical (unpaired) electrons. The van der Waals surface area contributed by atoms with Gasteiger partial charge in [-0.3, -0.25) is 24.4 Å². The Bertz CT molecular complexity index is 3350. The molecule has 4 atom stereocenters. The maximum absolute atomic E-state index is 12.4. The monoisotopic (exact) mass is 1280 g/mol. The first-order chi connectivity index (χ1) is 40.9. The van der Waals surface area contributed by atoms with Gasteiger partial charge in [-0.15, -0.1) is 11.3 Å². The summed E-state index contributed by atoms with van der Waals surface area (Å²) in [6, 6.07) is 29.4. The van der Waals surface area contributed by atoms with Crippen LogP contribution in [0.2, 0.25) is 0 Å². The minimum Gasteiger partial charge on any atom is -0.490 e. The molecule has 0 amide bonds. The molecule has 2 aromatic carbocycles. The predicted molar refractivity (Wildman–Crippen MR) is 345 cm³/mol. The van der Waals surface area contributed by atoms with E-state index in [4.69, 9.17) is 9.15 Å². The van der Waals surface area contributed by atoms with Gasteiger partial charge in [-0.2, -0.15) is 11.3 Å². The van der Waals surface area contributed by atoms with E-state index in [1.807, 2.05) is 84.7 Å². The minimum absolute atomic E-state index is 0.0846. The number of carbonyl (C=O) groups is 3. The Kier molecular flexibility index (Phi) is 22.2. The van der Waals surface area contributed by atoms with E-state index in [-0.39, 0.29) is 11.6 Å². The van der Waals surface area contributed by atoms with Crippen LogP contribution in [0.3, 0.4) is 0 Å². The molecule has 0 spiro atoms. The summed E-state index contributed by atoms with van der Waals surface area (Å²) in [6.07, 6.45) is 22.9. The van der Waals surface area contributed by atoms with Crippen molar-refractivity contribution in [2.24, 2.45) is 23.7 Å². The average molecular weight is 1280 g/mol. The number of furan rings is 1. The highest BCUT2D eigenvalue weighted by molar-refractivity contribution is 14.1. The number of pyridine rings is 3. The number of Topliss-reactive ketones (excluding diaryl/α,β-unsaturated/α-hetero) is 2. The minimum atomic E-state index is 0.0846. The topological polar surface area (TPSA) is 156 Å². The molecule has 14 heterocycles. The van der Waals surface area contributed by atoms with Gasteiger partial charge in [-0.1, -0.05) is 59.7 Å². The fourth-order valence-corrected chi connectivity index (χ4v) is 14.1. The summed E-state index contributed by atoms with van der Waals surface area (Å²) in [6.45, 7) is 16.3.